The molecule has 2 N–H and O–H groups in total. The Labute approximate surface area is 368 Å². The molecule has 13 bridgehead atoms. The summed E-state index contributed by atoms with van der Waals surface area (Å²) in [5.74, 6) is 4.20. The lowest BCUT2D eigenvalue weighted by atomic mass is 9.28. The third-order valence-electron chi connectivity index (χ3n) is 19.6. The Morgan fingerprint density at radius 2 is 1.66 bits per heavy atom. The smallest absolute Gasteiger partial charge is 0.339 e. The van der Waals surface area contributed by atoms with Crippen LogP contribution in [0.4, 0.5) is 0 Å². The number of nitrogens with two attached hydrogens (primary N) is 1. The third-order valence-corrected chi connectivity index (χ3v) is 19.6. The zero-order valence-electron chi connectivity index (χ0n) is 37.1. The molecule has 7 heteroatoms. The summed E-state index contributed by atoms with van der Waals surface area (Å²) < 4.78 is 14.4. The maximum Gasteiger partial charge on any atom is 0.339 e. The number of esters is 2. The van der Waals surface area contributed by atoms with Crippen LogP contribution in [0.1, 0.15) is 129 Å². The Balaban J connectivity index is 1.08. The van der Waals surface area contributed by atoms with Gasteiger partial charge in [-0.1, -0.05) is 85.9 Å². The van der Waals surface area contributed by atoms with Crippen LogP contribution < -0.4 is 5.73 Å². The van der Waals surface area contributed by atoms with Gasteiger partial charge in [-0.05, 0) is 155 Å². The summed E-state index contributed by atoms with van der Waals surface area (Å²) in [6.45, 7) is 7.76. The standard InChI is InChI=1S/C55H67N3O4/c1-33-18-19-45-50-41-22-23-53-47(21-20-44(38-12-3-4-13-38)57-29-36-26-37(30-57)32-58(45)31-36)61-52(60)54(53)43(41)28-40(48(33)50)27-35-11-6-10-34(25-35)9-2-5-17-46(54)55(53)42-16-7-14-39(15-8-24-56)49(42)51(59)62-55/h6-7,10-11,14,16,19,21,25,33,36-38,40,44,46,48,50H,2-5,8-9,12-13,15,17-18,20,22-24,26-32,56H2,1H3. The molecule has 62 heavy (non-hydrogen) atoms. The SMILES string of the molecule is CC1CC=C2C3C4=C5CC(Cc6cccc(c6)CCCCC6C57C(=O)OC(=CCC(C5CCCC5)N5CC8CC(CN2C8)C5)C7(CC4)C62OC(=O)c4c(CCCN)cccc42)C13. The summed E-state index contributed by atoms with van der Waals surface area (Å²) in [5, 5.41) is 0. The quantitative estimate of drug-likeness (QED) is 0.243. The van der Waals surface area contributed by atoms with E-state index in [4.69, 9.17) is 15.2 Å². The van der Waals surface area contributed by atoms with Gasteiger partial charge in [-0.2, -0.15) is 0 Å². The van der Waals surface area contributed by atoms with E-state index in [1.807, 2.05) is 0 Å². The summed E-state index contributed by atoms with van der Waals surface area (Å²) in [7, 11) is 0. The van der Waals surface area contributed by atoms with Crippen LogP contribution in [0.5, 0.6) is 0 Å². The number of allylic oxidation sites excluding steroid dienone is 2. The van der Waals surface area contributed by atoms with E-state index in [1.54, 1.807) is 11.3 Å². The topological polar surface area (TPSA) is 85.1 Å². The van der Waals surface area contributed by atoms with Crippen LogP contribution in [0, 0.1) is 58.2 Å². The molecule has 11 atom stereocenters. The minimum atomic E-state index is -0.963. The van der Waals surface area contributed by atoms with Crippen LogP contribution in [-0.4, -0.2) is 60.5 Å². The first kappa shape index (κ1) is 38.8. The summed E-state index contributed by atoms with van der Waals surface area (Å²) in [4.78, 5) is 36.7. The number of fused-ring (bicyclic) bond motifs is 7. The van der Waals surface area contributed by atoms with Gasteiger partial charge in [0.15, 0.2) is 5.60 Å². The predicted molar refractivity (Wildman–Crippen MR) is 239 cm³/mol. The maximum absolute atomic E-state index is 16.0. The largest absolute Gasteiger partial charge is 0.449 e. The average molecular weight is 834 g/mol. The van der Waals surface area contributed by atoms with E-state index >= 15 is 4.79 Å². The van der Waals surface area contributed by atoms with Gasteiger partial charge < -0.3 is 20.1 Å². The monoisotopic (exact) mass is 834 g/mol. The molecule has 8 heterocycles. The molecule has 0 aromatic heterocycles. The molecule has 6 aliphatic carbocycles. The van der Waals surface area contributed by atoms with Gasteiger partial charge in [0.25, 0.3) is 0 Å². The summed E-state index contributed by atoms with van der Waals surface area (Å²) in [6.07, 6.45) is 22.8. The first-order valence-corrected chi connectivity index (χ1v) is 25.3. The van der Waals surface area contributed by atoms with Crippen LogP contribution in [0.3, 0.4) is 0 Å². The number of ether oxygens (including phenoxy) is 2. The van der Waals surface area contributed by atoms with Gasteiger partial charge in [0.05, 0.1) is 11.0 Å². The van der Waals surface area contributed by atoms with Gasteiger partial charge in [0.1, 0.15) is 11.2 Å². The lowest BCUT2D eigenvalue weighted by Gasteiger charge is -2.72. The van der Waals surface area contributed by atoms with Crippen molar-refractivity contribution in [2.24, 2.45) is 63.9 Å². The first-order chi connectivity index (χ1) is 30.4. The Morgan fingerprint density at radius 1 is 0.855 bits per heavy atom. The van der Waals surface area contributed by atoms with Gasteiger partial charge >= 0.3 is 11.9 Å². The lowest BCUT2D eigenvalue weighted by molar-refractivity contribution is -0.278. The van der Waals surface area contributed by atoms with Crippen LogP contribution in [0.15, 0.2) is 77.2 Å². The number of carbonyl (C=O) groups excluding carboxylic acids is 2. The number of hydrogen-bond acceptors (Lipinski definition) is 7. The molecule has 2 saturated carbocycles. The van der Waals surface area contributed by atoms with Gasteiger partial charge in [0.2, 0.25) is 0 Å². The molecular weight excluding hydrogens is 767 g/mol. The molecule has 5 fully saturated rings. The van der Waals surface area contributed by atoms with Crippen molar-refractivity contribution in [1.82, 2.24) is 9.80 Å². The molecule has 3 saturated heterocycles. The van der Waals surface area contributed by atoms with E-state index < -0.39 is 16.4 Å². The number of rotatable bonds is 4. The zero-order valence-corrected chi connectivity index (χ0v) is 37.1. The highest BCUT2D eigenvalue weighted by atomic mass is 16.6. The van der Waals surface area contributed by atoms with Crippen LogP contribution >= 0.6 is 0 Å². The molecule has 2 aromatic rings. The summed E-state index contributed by atoms with van der Waals surface area (Å²) in [6, 6.07) is 16.4. The zero-order chi connectivity index (χ0) is 41.5. The van der Waals surface area contributed by atoms with E-state index in [-0.39, 0.29) is 17.9 Å². The maximum atomic E-state index is 16.0. The molecule has 11 unspecified atom stereocenters. The molecule has 0 radical (unpaired) electrons. The second-order valence-corrected chi connectivity index (χ2v) is 22.4. The molecule has 8 aliphatic heterocycles. The van der Waals surface area contributed by atoms with Gasteiger partial charge in [-0.25, -0.2) is 4.79 Å². The van der Waals surface area contributed by atoms with E-state index in [1.165, 1.54) is 61.9 Å². The second-order valence-electron chi connectivity index (χ2n) is 22.4. The lowest BCUT2D eigenvalue weighted by Crippen LogP contribution is -2.77. The Bertz CT molecular complexity index is 2310. The van der Waals surface area contributed by atoms with E-state index in [9.17, 15) is 4.79 Å². The Kier molecular flexibility index (Phi) is 8.85. The molecule has 2 aromatic carbocycles. The predicted octanol–water partition coefficient (Wildman–Crippen LogP) is 9.44. The molecule has 3 spiro atoms. The van der Waals surface area contributed by atoms with E-state index in [2.05, 4.69) is 71.3 Å². The van der Waals surface area contributed by atoms with Crippen LogP contribution in [0.2, 0.25) is 0 Å². The molecule has 326 valence electrons. The average Bonchev–Trinajstić information content (AvgIpc) is 3.97. The minimum Gasteiger partial charge on any atom is -0.449 e. The van der Waals surface area contributed by atoms with Crippen molar-refractivity contribution in [1.29, 1.82) is 0 Å². The number of hydrogen-bond donors (Lipinski definition) is 1. The molecule has 14 aliphatic rings. The fourth-order valence-corrected chi connectivity index (χ4v) is 17.8. The Hall–Kier alpha value is -3.68. The fourth-order valence-electron chi connectivity index (χ4n) is 17.8. The van der Waals surface area contributed by atoms with Crippen molar-refractivity contribution in [3.05, 3.63) is 105 Å². The van der Waals surface area contributed by atoms with Gasteiger partial charge in [-0.15, -0.1) is 0 Å². The Morgan fingerprint density at radius 3 is 2.50 bits per heavy atom. The minimum absolute atomic E-state index is 0.0380. The number of piperidine rings is 2. The van der Waals surface area contributed by atoms with Gasteiger partial charge in [0, 0.05) is 55.3 Å². The normalized spacial score (nSPS) is 41.4. The number of carbonyl (C=O) groups is 2. The van der Waals surface area contributed by atoms with Crippen molar-refractivity contribution >= 4 is 11.9 Å². The fraction of sp³-hybridized carbons (Fsp3) is 0.636. The van der Waals surface area contributed by atoms with Crippen molar-refractivity contribution in [2.75, 3.05) is 32.7 Å². The number of benzene rings is 2. The highest BCUT2D eigenvalue weighted by molar-refractivity contribution is 6.00. The van der Waals surface area contributed by atoms with Crippen molar-refractivity contribution in [2.45, 2.75) is 128 Å². The van der Waals surface area contributed by atoms with Crippen molar-refractivity contribution in [3.63, 3.8) is 0 Å². The van der Waals surface area contributed by atoms with Crippen molar-refractivity contribution in [3.8, 4) is 0 Å². The number of nitrogens with zero attached hydrogens (tertiary/aromatic N) is 2. The van der Waals surface area contributed by atoms with E-state index in [0.717, 1.165) is 113 Å². The highest BCUT2D eigenvalue weighted by Crippen LogP contribution is 2.87. The third kappa shape index (κ3) is 5.02. The van der Waals surface area contributed by atoms with Crippen LogP contribution in [-0.2, 0) is 39.1 Å². The molecular formula is C55H67N3O4. The van der Waals surface area contributed by atoms with Gasteiger partial charge in [-0.3, -0.25) is 9.69 Å². The summed E-state index contributed by atoms with van der Waals surface area (Å²) in [5.41, 5.74) is 13.7. The molecule has 16 rings (SSSR count). The molecule has 7 nitrogen and oxygen atoms in total. The second kappa shape index (κ2) is 14.2. The molecule has 0 amide bonds. The highest BCUT2D eigenvalue weighted by Gasteiger charge is 2.92. The summed E-state index contributed by atoms with van der Waals surface area (Å²) >= 11 is 0. The number of aryl methyl sites for hydroxylation is 2. The van der Waals surface area contributed by atoms with Crippen molar-refractivity contribution < 1.29 is 19.1 Å². The first-order valence-electron chi connectivity index (χ1n) is 25.3. The van der Waals surface area contributed by atoms with Crippen LogP contribution in [0.25, 0.3) is 0 Å². The van der Waals surface area contributed by atoms with E-state index in [0.29, 0.717) is 54.0 Å².